The maximum absolute atomic E-state index is 5.64. The summed E-state index contributed by atoms with van der Waals surface area (Å²) in [4.78, 5) is 0. The summed E-state index contributed by atoms with van der Waals surface area (Å²) in [5.41, 5.74) is 2.31. The molecular weight excluding hydrogens is 238 g/mol. The molecule has 3 heteroatoms. The first kappa shape index (κ1) is 15.7. The molecule has 106 valence electrons. The van der Waals surface area contributed by atoms with Crippen LogP contribution in [0, 0.1) is 0 Å². The van der Waals surface area contributed by atoms with Crippen molar-refractivity contribution in [2.75, 3.05) is 20.3 Å². The zero-order valence-corrected chi connectivity index (χ0v) is 12.5. The van der Waals surface area contributed by atoms with Gasteiger partial charge in [-0.05, 0) is 44.0 Å². The van der Waals surface area contributed by atoms with Gasteiger partial charge in [0.25, 0.3) is 0 Å². The third-order valence-electron chi connectivity index (χ3n) is 2.60. The Morgan fingerprint density at radius 1 is 1.21 bits per heavy atom. The molecule has 0 aliphatic rings. The van der Waals surface area contributed by atoms with Crippen LogP contribution in [0.25, 0.3) is 0 Å². The summed E-state index contributed by atoms with van der Waals surface area (Å²) in [6.45, 7) is 12.4. The summed E-state index contributed by atoms with van der Waals surface area (Å²) in [5, 5.41) is 3.39. The molecule has 3 nitrogen and oxygen atoms in total. The molecule has 0 aromatic heterocycles. The van der Waals surface area contributed by atoms with Crippen molar-refractivity contribution in [2.24, 2.45) is 0 Å². The Bertz CT molecular complexity index is 390. The fourth-order valence-corrected chi connectivity index (χ4v) is 1.48. The van der Waals surface area contributed by atoms with Crippen LogP contribution in [0.5, 0.6) is 5.75 Å². The second kappa shape index (κ2) is 7.31. The second-order valence-electron chi connectivity index (χ2n) is 5.69. The molecule has 1 aromatic carbocycles. The van der Waals surface area contributed by atoms with Gasteiger partial charge in [-0.1, -0.05) is 18.7 Å². The van der Waals surface area contributed by atoms with Crippen LogP contribution in [0.1, 0.15) is 26.3 Å². The first-order valence-corrected chi connectivity index (χ1v) is 6.53. The van der Waals surface area contributed by atoms with Crippen molar-refractivity contribution in [1.29, 1.82) is 0 Å². The third kappa shape index (κ3) is 6.99. The number of hydrogen-bond acceptors (Lipinski definition) is 3. The lowest BCUT2D eigenvalue weighted by molar-refractivity contribution is 0.140. The predicted molar refractivity (Wildman–Crippen MR) is 79.5 cm³/mol. The highest BCUT2D eigenvalue weighted by Crippen LogP contribution is 2.12. The quantitative estimate of drug-likeness (QED) is 0.767. The number of rotatable bonds is 7. The average Bonchev–Trinajstić information content (AvgIpc) is 2.36. The van der Waals surface area contributed by atoms with Crippen LogP contribution in [-0.2, 0) is 11.3 Å². The molecule has 0 spiro atoms. The number of benzene rings is 1. The Hall–Kier alpha value is -1.32. The molecule has 0 heterocycles. The Morgan fingerprint density at radius 2 is 1.84 bits per heavy atom. The molecule has 0 radical (unpaired) electrons. The molecule has 0 amide bonds. The van der Waals surface area contributed by atoms with Crippen molar-refractivity contribution in [2.45, 2.75) is 32.9 Å². The van der Waals surface area contributed by atoms with E-state index in [4.69, 9.17) is 9.47 Å². The van der Waals surface area contributed by atoms with E-state index in [1.54, 1.807) is 7.11 Å². The van der Waals surface area contributed by atoms with Crippen molar-refractivity contribution in [1.82, 2.24) is 5.32 Å². The maximum atomic E-state index is 5.64. The lowest BCUT2D eigenvalue weighted by Crippen LogP contribution is -2.37. The predicted octanol–water partition coefficient (Wildman–Crippen LogP) is 3.16. The lowest BCUT2D eigenvalue weighted by atomic mass is 10.1. The molecule has 19 heavy (non-hydrogen) atoms. The monoisotopic (exact) mass is 263 g/mol. The highest BCUT2D eigenvalue weighted by atomic mass is 16.5. The van der Waals surface area contributed by atoms with Gasteiger partial charge in [0.15, 0.2) is 0 Å². The van der Waals surface area contributed by atoms with Crippen molar-refractivity contribution in [3.8, 4) is 5.75 Å². The Balaban J connectivity index is 2.24. The third-order valence-corrected chi connectivity index (χ3v) is 2.60. The van der Waals surface area contributed by atoms with Gasteiger partial charge in [-0.3, -0.25) is 0 Å². The van der Waals surface area contributed by atoms with Crippen molar-refractivity contribution >= 4 is 0 Å². The van der Waals surface area contributed by atoms with E-state index >= 15 is 0 Å². The van der Waals surface area contributed by atoms with E-state index in [1.807, 2.05) is 24.3 Å². The van der Waals surface area contributed by atoms with E-state index in [-0.39, 0.29) is 5.54 Å². The topological polar surface area (TPSA) is 30.5 Å². The minimum Gasteiger partial charge on any atom is -0.497 e. The molecule has 0 saturated carbocycles. The number of methoxy groups -OCH3 is 1. The summed E-state index contributed by atoms with van der Waals surface area (Å²) >= 11 is 0. The molecule has 0 unspecified atom stereocenters. The summed E-state index contributed by atoms with van der Waals surface area (Å²) < 4.78 is 10.8. The smallest absolute Gasteiger partial charge is 0.118 e. The highest BCUT2D eigenvalue weighted by Gasteiger charge is 2.08. The van der Waals surface area contributed by atoms with Crippen molar-refractivity contribution in [3.05, 3.63) is 42.0 Å². The Kier molecular flexibility index (Phi) is 6.06. The van der Waals surface area contributed by atoms with E-state index in [0.717, 1.165) is 23.4 Å². The summed E-state index contributed by atoms with van der Waals surface area (Å²) in [5.74, 6) is 0.863. The molecule has 0 aliphatic carbocycles. The number of hydrogen-bond donors (Lipinski definition) is 1. The molecule has 0 aliphatic heterocycles. The largest absolute Gasteiger partial charge is 0.497 e. The minimum atomic E-state index is 0.110. The van der Waals surface area contributed by atoms with Crippen LogP contribution in [-0.4, -0.2) is 25.8 Å². The number of ether oxygens (including phenoxy) is 2. The van der Waals surface area contributed by atoms with Gasteiger partial charge in [0.2, 0.25) is 0 Å². The van der Waals surface area contributed by atoms with Gasteiger partial charge in [-0.15, -0.1) is 0 Å². The van der Waals surface area contributed by atoms with Gasteiger partial charge in [0, 0.05) is 12.1 Å². The van der Waals surface area contributed by atoms with Crippen molar-refractivity contribution in [3.63, 3.8) is 0 Å². The Labute approximate surface area is 116 Å². The van der Waals surface area contributed by atoms with E-state index in [2.05, 4.69) is 32.7 Å². The molecular formula is C16H25NO2. The van der Waals surface area contributed by atoms with Gasteiger partial charge < -0.3 is 14.8 Å². The van der Waals surface area contributed by atoms with E-state index < -0.39 is 0 Å². The first-order chi connectivity index (χ1) is 8.90. The van der Waals surface area contributed by atoms with Gasteiger partial charge in [0.05, 0.1) is 20.3 Å². The van der Waals surface area contributed by atoms with Gasteiger partial charge in [-0.25, -0.2) is 0 Å². The summed E-state index contributed by atoms with van der Waals surface area (Å²) in [6, 6.07) is 7.90. The molecule has 0 saturated heterocycles. The van der Waals surface area contributed by atoms with Crippen LogP contribution in [0.15, 0.2) is 36.4 Å². The fourth-order valence-electron chi connectivity index (χ4n) is 1.48. The van der Waals surface area contributed by atoms with Gasteiger partial charge >= 0.3 is 0 Å². The first-order valence-electron chi connectivity index (χ1n) is 6.53. The summed E-state index contributed by atoms with van der Waals surface area (Å²) in [7, 11) is 1.66. The van der Waals surface area contributed by atoms with Crippen LogP contribution in [0.3, 0.4) is 0 Å². The normalized spacial score (nSPS) is 11.4. The van der Waals surface area contributed by atoms with Crippen LogP contribution < -0.4 is 10.1 Å². The molecule has 1 N–H and O–H groups in total. The van der Waals surface area contributed by atoms with Crippen LogP contribution >= 0.6 is 0 Å². The lowest BCUT2D eigenvalue weighted by Gasteiger charge is -2.21. The van der Waals surface area contributed by atoms with Gasteiger partial charge in [-0.2, -0.15) is 0 Å². The van der Waals surface area contributed by atoms with E-state index in [0.29, 0.717) is 13.2 Å². The second-order valence-corrected chi connectivity index (χ2v) is 5.69. The maximum Gasteiger partial charge on any atom is 0.118 e. The zero-order valence-electron chi connectivity index (χ0n) is 12.5. The fraction of sp³-hybridized carbons (Fsp3) is 0.500. The Morgan fingerprint density at radius 3 is 2.37 bits per heavy atom. The van der Waals surface area contributed by atoms with E-state index in [1.165, 1.54) is 0 Å². The molecule has 0 fully saturated rings. The minimum absolute atomic E-state index is 0.110. The molecule has 1 rings (SSSR count). The SMILES string of the molecule is C=C(CNC(C)(C)C)COCc1ccc(OC)cc1. The zero-order chi connectivity index (χ0) is 14.3. The number of nitrogens with one attached hydrogen (secondary N) is 1. The van der Waals surface area contributed by atoms with Crippen LogP contribution in [0.2, 0.25) is 0 Å². The average molecular weight is 263 g/mol. The van der Waals surface area contributed by atoms with Crippen molar-refractivity contribution < 1.29 is 9.47 Å². The molecule has 0 atom stereocenters. The summed E-state index contributed by atoms with van der Waals surface area (Å²) in [6.07, 6.45) is 0. The molecule has 1 aromatic rings. The van der Waals surface area contributed by atoms with E-state index in [9.17, 15) is 0 Å². The van der Waals surface area contributed by atoms with Crippen LogP contribution in [0.4, 0.5) is 0 Å². The van der Waals surface area contributed by atoms with Gasteiger partial charge in [0.1, 0.15) is 5.75 Å². The highest BCUT2D eigenvalue weighted by molar-refractivity contribution is 5.26. The molecule has 0 bridgehead atoms. The standard InChI is InChI=1S/C16H25NO2/c1-13(10-17-16(2,3)4)11-19-12-14-6-8-15(18-5)9-7-14/h6-9,17H,1,10-12H2,2-5H3.